The molecule has 7 aromatic rings. The monoisotopic (exact) mass is 851 g/mol. The standard InChI is InChI=1S/C64H53NO/c1-63(2)56-27-14-13-24-55(56)60-58(63)40-39-54-53-26-16-25-50(61(53)66-62(54)60)44-31-35-48(36-32-44)65(47-33-29-43(30-34-47)42-17-6-3-7-18-42)49-37-38-52-51-23-12-15-28-57(51)64(59(52)41-49,45-19-8-4-9-20-45)46-21-10-5-11-22-46/h3-17,19-21,23-31,33,35,37-42,46-47H,18,22,32,34,36H2,1-2H3. The van der Waals surface area contributed by atoms with Crippen molar-refractivity contribution in [1.29, 1.82) is 0 Å². The first-order chi connectivity index (χ1) is 32.5. The molecule has 0 bridgehead atoms. The molecule has 1 heterocycles. The maximum absolute atomic E-state index is 7.10. The Morgan fingerprint density at radius 3 is 2.09 bits per heavy atom. The molecule has 6 aromatic carbocycles. The number of hydrogen-bond donors (Lipinski definition) is 0. The Kier molecular flexibility index (Phi) is 9.04. The maximum atomic E-state index is 7.10. The fraction of sp³-hybridized carbons (Fsp3) is 0.188. The molecule has 0 N–H and O–H groups in total. The van der Waals surface area contributed by atoms with Crippen molar-refractivity contribution in [1.82, 2.24) is 0 Å². The molecule has 4 unspecified atom stereocenters. The molecule has 13 rings (SSSR count). The summed E-state index contributed by atoms with van der Waals surface area (Å²) in [6.45, 7) is 4.68. The molecule has 0 amide bonds. The summed E-state index contributed by atoms with van der Waals surface area (Å²) < 4.78 is 7.10. The molecule has 2 nitrogen and oxygen atoms in total. The van der Waals surface area contributed by atoms with E-state index in [4.69, 9.17) is 4.42 Å². The number of fused-ring (bicyclic) bond motifs is 10. The van der Waals surface area contributed by atoms with Gasteiger partial charge in [-0.15, -0.1) is 0 Å². The Labute approximate surface area is 388 Å². The molecule has 0 fully saturated rings. The van der Waals surface area contributed by atoms with Crippen molar-refractivity contribution in [2.45, 2.75) is 62.8 Å². The Balaban J connectivity index is 0.942. The van der Waals surface area contributed by atoms with Gasteiger partial charge in [-0.1, -0.05) is 202 Å². The molecule has 0 aliphatic heterocycles. The molecule has 2 heteroatoms. The number of anilines is 1. The van der Waals surface area contributed by atoms with E-state index in [1.807, 2.05) is 0 Å². The number of furan rings is 1. The van der Waals surface area contributed by atoms with Crippen LogP contribution >= 0.6 is 0 Å². The minimum absolute atomic E-state index is 0.0772. The fourth-order valence-corrected chi connectivity index (χ4v) is 12.8. The zero-order valence-corrected chi connectivity index (χ0v) is 37.8. The predicted molar refractivity (Wildman–Crippen MR) is 276 cm³/mol. The van der Waals surface area contributed by atoms with E-state index in [0.717, 1.165) is 43.3 Å². The van der Waals surface area contributed by atoms with Gasteiger partial charge in [0, 0.05) is 44.6 Å². The Morgan fingerprint density at radius 1 is 0.561 bits per heavy atom. The van der Waals surface area contributed by atoms with Crippen molar-refractivity contribution < 1.29 is 4.42 Å². The zero-order chi connectivity index (χ0) is 44.0. The summed E-state index contributed by atoms with van der Waals surface area (Å²) in [5, 5.41) is 2.38. The van der Waals surface area contributed by atoms with Crippen molar-refractivity contribution in [3.8, 4) is 22.3 Å². The minimum atomic E-state index is -0.330. The summed E-state index contributed by atoms with van der Waals surface area (Å²) in [6, 6.07) is 48.3. The lowest BCUT2D eigenvalue weighted by molar-refractivity contribution is 0.457. The van der Waals surface area contributed by atoms with Crippen LogP contribution in [0.3, 0.4) is 0 Å². The molecule has 0 saturated carbocycles. The lowest BCUT2D eigenvalue weighted by Gasteiger charge is -2.41. The molecule has 6 aliphatic rings. The van der Waals surface area contributed by atoms with E-state index in [1.54, 1.807) is 0 Å². The second kappa shape index (κ2) is 15.2. The molecule has 66 heavy (non-hydrogen) atoms. The summed E-state index contributed by atoms with van der Waals surface area (Å²) in [5.41, 5.74) is 20.2. The van der Waals surface area contributed by atoms with Crippen LogP contribution in [0, 0.1) is 11.8 Å². The largest absolute Gasteiger partial charge is 0.455 e. The molecule has 4 atom stereocenters. The van der Waals surface area contributed by atoms with E-state index in [1.165, 1.54) is 88.9 Å². The van der Waals surface area contributed by atoms with Gasteiger partial charge >= 0.3 is 0 Å². The molecular formula is C64H53NO. The molecule has 0 spiro atoms. The van der Waals surface area contributed by atoms with E-state index in [-0.39, 0.29) is 22.8 Å². The van der Waals surface area contributed by atoms with Gasteiger partial charge in [0.15, 0.2) is 0 Å². The number of benzene rings is 6. The van der Waals surface area contributed by atoms with Crippen LogP contribution < -0.4 is 4.90 Å². The quantitative estimate of drug-likeness (QED) is 0.159. The van der Waals surface area contributed by atoms with Crippen LogP contribution in [0.15, 0.2) is 222 Å². The Morgan fingerprint density at radius 2 is 1.32 bits per heavy atom. The van der Waals surface area contributed by atoms with E-state index >= 15 is 0 Å². The zero-order valence-electron chi connectivity index (χ0n) is 37.8. The number of hydrogen-bond acceptors (Lipinski definition) is 2. The summed E-state index contributed by atoms with van der Waals surface area (Å²) in [4.78, 5) is 2.67. The van der Waals surface area contributed by atoms with E-state index in [9.17, 15) is 0 Å². The molecule has 320 valence electrons. The number of allylic oxidation sites excluding steroid dienone is 14. The van der Waals surface area contributed by atoms with E-state index < -0.39 is 0 Å². The highest BCUT2D eigenvalue weighted by atomic mass is 16.3. The Hall–Kier alpha value is -7.16. The Bertz CT molecular complexity index is 3390. The summed E-state index contributed by atoms with van der Waals surface area (Å²) >= 11 is 0. The normalized spacial score (nSPS) is 23.0. The first kappa shape index (κ1) is 39.2. The van der Waals surface area contributed by atoms with Crippen LogP contribution in [0.5, 0.6) is 0 Å². The van der Waals surface area contributed by atoms with Crippen LogP contribution in [0.4, 0.5) is 5.69 Å². The van der Waals surface area contributed by atoms with Crippen LogP contribution in [0.2, 0.25) is 0 Å². The average Bonchev–Trinajstić information content (AvgIpc) is 3.99. The molecule has 0 saturated heterocycles. The smallest absolute Gasteiger partial charge is 0.143 e. The van der Waals surface area contributed by atoms with Gasteiger partial charge in [-0.3, -0.25) is 0 Å². The molecule has 6 aliphatic carbocycles. The average molecular weight is 852 g/mol. The van der Waals surface area contributed by atoms with Gasteiger partial charge < -0.3 is 9.32 Å². The summed E-state index contributed by atoms with van der Waals surface area (Å²) in [5.74, 6) is 0.710. The van der Waals surface area contributed by atoms with Crippen molar-refractivity contribution in [2.24, 2.45) is 11.8 Å². The van der Waals surface area contributed by atoms with Crippen LogP contribution in [-0.2, 0) is 10.8 Å². The van der Waals surface area contributed by atoms with Crippen LogP contribution in [-0.4, -0.2) is 6.04 Å². The van der Waals surface area contributed by atoms with Crippen molar-refractivity contribution >= 4 is 33.2 Å². The highest BCUT2D eigenvalue weighted by Gasteiger charge is 2.49. The van der Waals surface area contributed by atoms with Crippen molar-refractivity contribution in [3.63, 3.8) is 0 Å². The van der Waals surface area contributed by atoms with Gasteiger partial charge in [0.25, 0.3) is 0 Å². The third-order valence-corrected chi connectivity index (χ3v) is 16.0. The molecule has 1 aromatic heterocycles. The molecule has 0 radical (unpaired) electrons. The third-order valence-electron chi connectivity index (χ3n) is 16.0. The number of nitrogens with zero attached hydrogens (tertiary/aromatic N) is 1. The fourth-order valence-electron chi connectivity index (χ4n) is 12.8. The van der Waals surface area contributed by atoms with E-state index in [2.05, 4.69) is 225 Å². The lowest BCUT2D eigenvalue weighted by Crippen LogP contribution is -2.37. The minimum Gasteiger partial charge on any atom is -0.455 e. The van der Waals surface area contributed by atoms with Gasteiger partial charge in [0.1, 0.15) is 11.2 Å². The highest BCUT2D eigenvalue weighted by Crippen LogP contribution is 2.59. The first-order valence-corrected chi connectivity index (χ1v) is 24.1. The van der Waals surface area contributed by atoms with E-state index in [0.29, 0.717) is 5.92 Å². The second-order valence-electron chi connectivity index (χ2n) is 19.7. The van der Waals surface area contributed by atoms with Gasteiger partial charge in [-0.25, -0.2) is 0 Å². The van der Waals surface area contributed by atoms with Gasteiger partial charge in [0.2, 0.25) is 0 Å². The second-order valence-corrected chi connectivity index (χ2v) is 19.7. The summed E-state index contributed by atoms with van der Waals surface area (Å²) in [7, 11) is 0. The SMILES string of the molecule is CC1(C)c2ccccc2-c2c1ccc1c2oc2c(C3=CC=C(N(c4ccc5c(c4)C(c4ccccc4)(C4C=CC=CC4)c4ccccc4-5)C4C=CC(C5C=CC=CC5)=CC4)CC3)cccc21. The van der Waals surface area contributed by atoms with Gasteiger partial charge in [-0.05, 0) is 112 Å². The topological polar surface area (TPSA) is 16.4 Å². The van der Waals surface area contributed by atoms with Gasteiger partial charge in [0.05, 0.1) is 11.5 Å². The lowest BCUT2D eigenvalue weighted by atomic mass is 9.62. The van der Waals surface area contributed by atoms with Crippen LogP contribution in [0.25, 0.3) is 49.8 Å². The third kappa shape index (κ3) is 5.80. The molecular weight excluding hydrogens is 799 g/mol. The highest BCUT2D eigenvalue weighted by molar-refractivity contribution is 6.13. The number of para-hydroxylation sites is 1. The summed E-state index contributed by atoms with van der Waals surface area (Å²) in [6.07, 6.45) is 35.4. The van der Waals surface area contributed by atoms with Crippen molar-refractivity contribution in [3.05, 3.63) is 251 Å². The van der Waals surface area contributed by atoms with Crippen molar-refractivity contribution in [2.75, 3.05) is 4.90 Å². The predicted octanol–water partition coefficient (Wildman–Crippen LogP) is 16.3. The maximum Gasteiger partial charge on any atom is 0.143 e. The number of rotatable bonds is 7. The van der Waals surface area contributed by atoms with Crippen LogP contribution in [0.1, 0.15) is 79.3 Å². The first-order valence-electron chi connectivity index (χ1n) is 24.1. The van der Waals surface area contributed by atoms with Gasteiger partial charge in [-0.2, -0.15) is 0 Å².